The Labute approximate surface area is 119 Å². The second-order valence-corrected chi connectivity index (χ2v) is 5.09. The maximum absolute atomic E-state index is 9.35. The van der Waals surface area contributed by atoms with Gasteiger partial charge >= 0.3 is 0 Å². The third-order valence-electron chi connectivity index (χ3n) is 2.99. The molecule has 3 nitrogen and oxygen atoms in total. The van der Waals surface area contributed by atoms with Gasteiger partial charge in [-0.15, -0.1) is 0 Å². The summed E-state index contributed by atoms with van der Waals surface area (Å²) < 4.78 is 2.72. The van der Waals surface area contributed by atoms with Gasteiger partial charge in [0.05, 0.1) is 10.2 Å². The van der Waals surface area contributed by atoms with Gasteiger partial charge in [0.25, 0.3) is 0 Å². The van der Waals surface area contributed by atoms with Crippen LogP contribution in [-0.4, -0.2) is 9.38 Å². The second kappa shape index (κ2) is 4.87. The average Bonchev–Trinajstić information content (AvgIpc) is 2.79. The first kappa shape index (κ1) is 11.9. The van der Waals surface area contributed by atoms with Crippen LogP contribution >= 0.6 is 15.9 Å². The third kappa shape index (κ3) is 2.13. The van der Waals surface area contributed by atoms with Crippen molar-refractivity contribution >= 4 is 21.6 Å². The molecule has 19 heavy (non-hydrogen) atoms. The number of nitrogens with zero attached hydrogens (tertiary/aromatic N) is 3. The molecule has 2 heterocycles. The molecule has 0 fully saturated rings. The lowest BCUT2D eigenvalue weighted by atomic mass is 10.1. The summed E-state index contributed by atoms with van der Waals surface area (Å²) in [5, 5.41) is 9.35. The quantitative estimate of drug-likeness (QED) is 0.726. The van der Waals surface area contributed by atoms with E-state index in [1.54, 1.807) is 0 Å². The van der Waals surface area contributed by atoms with Gasteiger partial charge in [-0.05, 0) is 33.6 Å². The molecule has 2 aromatic heterocycles. The summed E-state index contributed by atoms with van der Waals surface area (Å²) in [6.45, 7) is 0. The Kier molecular flexibility index (Phi) is 3.06. The molecule has 3 rings (SSSR count). The molecule has 0 saturated carbocycles. The van der Waals surface area contributed by atoms with Gasteiger partial charge in [0, 0.05) is 12.6 Å². The van der Waals surface area contributed by atoms with Gasteiger partial charge in [0.2, 0.25) is 0 Å². The molecule has 1 aromatic carbocycles. The summed E-state index contributed by atoms with van der Waals surface area (Å²) in [5.41, 5.74) is 3.34. The van der Waals surface area contributed by atoms with Crippen LogP contribution in [0.1, 0.15) is 17.0 Å². The molecule has 0 atom stereocenters. The molecule has 0 spiro atoms. The molecule has 0 N–H and O–H groups in total. The van der Waals surface area contributed by atoms with Gasteiger partial charge in [-0.2, -0.15) is 5.26 Å². The van der Waals surface area contributed by atoms with Crippen molar-refractivity contribution < 1.29 is 0 Å². The van der Waals surface area contributed by atoms with Crippen molar-refractivity contribution in [2.45, 2.75) is 6.42 Å². The van der Waals surface area contributed by atoms with Crippen molar-refractivity contribution in [3.05, 3.63) is 70.1 Å². The summed E-state index contributed by atoms with van der Waals surface area (Å²) in [4.78, 5) is 4.57. The van der Waals surface area contributed by atoms with Gasteiger partial charge in [-0.1, -0.05) is 30.3 Å². The van der Waals surface area contributed by atoms with Crippen molar-refractivity contribution in [1.82, 2.24) is 9.38 Å². The molecule has 0 aliphatic heterocycles. The number of halogens is 1. The minimum atomic E-state index is 0.597. The monoisotopic (exact) mass is 311 g/mol. The largest absolute Gasteiger partial charge is 0.290 e. The maximum atomic E-state index is 9.35. The summed E-state index contributed by atoms with van der Waals surface area (Å²) >= 11 is 3.47. The van der Waals surface area contributed by atoms with Crippen LogP contribution in [0.2, 0.25) is 0 Å². The van der Waals surface area contributed by atoms with E-state index < -0.39 is 0 Å². The van der Waals surface area contributed by atoms with Gasteiger partial charge in [0.15, 0.2) is 5.65 Å². The topological polar surface area (TPSA) is 41.1 Å². The number of pyridine rings is 1. The van der Waals surface area contributed by atoms with Gasteiger partial charge in [-0.25, -0.2) is 4.98 Å². The van der Waals surface area contributed by atoms with E-state index >= 15 is 0 Å². The van der Waals surface area contributed by atoms with Gasteiger partial charge < -0.3 is 0 Å². The number of aromatic nitrogens is 2. The molecule has 3 aromatic rings. The number of benzene rings is 1. The van der Waals surface area contributed by atoms with E-state index in [-0.39, 0.29) is 0 Å². The first-order chi connectivity index (χ1) is 9.29. The highest BCUT2D eigenvalue weighted by atomic mass is 79.9. The Balaban J connectivity index is 2.14. The predicted molar refractivity (Wildman–Crippen MR) is 76.9 cm³/mol. The number of rotatable bonds is 2. The van der Waals surface area contributed by atoms with Crippen LogP contribution in [0.15, 0.2) is 53.1 Å². The van der Waals surface area contributed by atoms with Gasteiger partial charge in [0.1, 0.15) is 11.8 Å². The summed E-state index contributed by atoms with van der Waals surface area (Å²) in [5.74, 6) is 0. The smallest absolute Gasteiger partial charge is 0.152 e. The van der Waals surface area contributed by atoms with Crippen molar-refractivity contribution in [2.24, 2.45) is 0 Å². The zero-order valence-corrected chi connectivity index (χ0v) is 11.6. The third-order valence-corrected chi connectivity index (χ3v) is 3.61. The van der Waals surface area contributed by atoms with E-state index in [1.165, 1.54) is 0 Å². The van der Waals surface area contributed by atoms with E-state index in [4.69, 9.17) is 0 Å². The average molecular weight is 312 g/mol. The number of fused-ring (bicyclic) bond motifs is 1. The van der Waals surface area contributed by atoms with Crippen LogP contribution in [0, 0.1) is 11.3 Å². The first-order valence-electron chi connectivity index (χ1n) is 5.89. The minimum Gasteiger partial charge on any atom is -0.290 e. The van der Waals surface area contributed by atoms with E-state index in [1.807, 2.05) is 53.1 Å². The fraction of sp³-hybridized carbons (Fsp3) is 0.0667. The highest BCUT2D eigenvalue weighted by molar-refractivity contribution is 9.10. The lowest BCUT2D eigenvalue weighted by Crippen LogP contribution is -1.93. The fourth-order valence-electron chi connectivity index (χ4n) is 2.11. The molecular formula is C15H10BrN3. The lowest BCUT2D eigenvalue weighted by Gasteiger charge is -1.98. The van der Waals surface area contributed by atoms with Crippen LogP contribution in [0.4, 0.5) is 0 Å². The van der Waals surface area contributed by atoms with Gasteiger partial charge in [-0.3, -0.25) is 4.40 Å². The molecule has 92 valence electrons. The van der Waals surface area contributed by atoms with Crippen LogP contribution in [-0.2, 0) is 6.42 Å². The highest BCUT2D eigenvalue weighted by Gasteiger charge is 2.13. The summed E-state index contributed by atoms with van der Waals surface area (Å²) in [6, 6.07) is 16.1. The van der Waals surface area contributed by atoms with Crippen LogP contribution in [0.25, 0.3) is 5.65 Å². The molecular weight excluding hydrogens is 302 g/mol. The molecule has 0 aliphatic carbocycles. The summed E-state index contributed by atoms with van der Waals surface area (Å²) in [7, 11) is 0. The van der Waals surface area contributed by atoms with Crippen molar-refractivity contribution in [1.29, 1.82) is 5.26 Å². The molecule has 0 radical (unpaired) electrons. The van der Waals surface area contributed by atoms with E-state index in [9.17, 15) is 5.26 Å². The maximum Gasteiger partial charge on any atom is 0.152 e. The van der Waals surface area contributed by atoms with E-state index in [2.05, 4.69) is 27.0 Å². The number of imidazole rings is 1. The van der Waals surface area contributed by atoms with Crippen molar-refractivity contribution in [2.75, 3.05) is 0 Å². The first-order valence-corrected chi connectivity index (χ1v) is 6.68. The Morgan fingerprint density at radius 2 is 1.95 bits per heavy atom. The molecule has 0 unspecified atom stereocenters. The van der Waals surface area contributed by atoms with Crippen LogP contribution in [0.3, 0.4) is 0 Å². The normalized spacial score (nSPS) is 10.5. The van der Waals surface area contributed by atoms with E-state index in [0.717, 1.165) is 21.4 Å². The molecule has 0 bridgehead atoms. The SMILES string of the molecule is N#Cc1c(Cc2ccccc2)nc2c(Br)cccn12. The number of nitriles is 1. The fourth-order valence-corrected chi connectivity index (χ4v) is 2.54. The lowest BCUT2D eigenvalue weighted by molar-refractivity contribution is 1.09. The number of hydrogen-bond acceptors (Lipinski definition) is 2. The van der Waals surface area contributed by atoms with Crippen LogP contribution < -0.4 is 0 Å². The molecule has 0 amide bonds. The van der Waals surface area contributed by atoms with Crippen LogP contribution in [0.5, 0.6) is 0 Å². The zero-order valence-electron chi connectivity index (χ0n) is 10.0. The minimum absolute atomic E-state index is 0.597. The van der Waals surface area contributed by atoms with E-state index in [0.29, 0.717) is 12.1 Å². The Bertz CT molecular complexity index is 769. The second-order valence-electron chi connectivity index (χ2n) is 4.23. The Hall–Kier alpha value is -2.12. The zero-order chi connectivity index (χ0) is 13.2. The van der Waals surface area contributed by atoms with Crippen molar-refractivity contribution in [3.63, 3.8) is 0 Å². The predicted octanol–water partition coefficient (Wildman–Crippen LogP) is 3.56. The molecule has 0 saturated heterocycles. The molecule has 0 aliphatic rings. The van der Waals surface area contributed by atoms with Crippen molar-refractivity contribution in [3.8, 4) is 6.07 Å². The Morgan fingerprint density at radius 3 is 2.68 bits per heavy atom. The molecule has 4 heteroatoms. The number of hydrogen-bond donors (Lipinski definition) is 0. The Morgan fingerprint density at radius 1 is 1.16 bits per heavy atom. The highest BCUT2D eigenvalue weighted by Crippen LogP contribution is 2.21. The standard InChI is InChI=1S/C15H10BrN3/c16-12-7-4-8-19-14(10-17)13(18-15(12)19)9-11-5-2-1-3-6-11/h1-8H,9H2. The summed E-state index contributed by atoms with van der Waals surface area (Å²) in [6.07, 6.45) is 2.53.